The van der Waals surface area contributed by atoms with Gasteiger partial charge in [0.15, 0.2) is 0 Å². The number of nitrogens with zero attached hydrogens (tertiary/aromatic N) is 2. The normalized spacial score (nSPS) is 16.6. The van der Waals surface area contributed by atoms with E-state index < -0.39 is 0 Å². The Kier molecular flexibility index (Phi) is 15.7. The van der Waals surface area contributed by atoms with Crippen molar-refractivity contribution in [3.05, 3.63) is 12.4 Å². The van der Waals surface area contributed by atoms with Crippen LogP contribution in [0.4, 0.5) is 0 Å². The first-order valence-electron chi connectivity index (χ1n) is 12.5. The zero-order valence-electron chi connectivity index (χ0n) is 19.1. The van der Waals surface area contributed by atoms with E-state index in [2.05, 4.69) is 43.1 Å². The molecule has 0 aromatic heterocycles. The molecule has 1 aliphatic heterocycles. The fourth-order valence-corrected chi connectivity index (χ4v) is 4.28. The van der Waals surface area contributed by atoms with E-state index in [1.807, 2.05) is 0 Å². The molecule has 1 rings (SSSR count). The molecule has 0 aromatic rings. The Bertz CT molecular complexity index is 339. The maximum atomic E-state index is 2.59. The van der Waals surface area contributed by atoms with Crippen LogP contribution in [-0.2, 0) is 0 Å². The van der Waals surface area contributed by atoms with Gasteiger partial charge in [-0.05, 0) is 19.3 Å². The van der Waals surface area contributed by atoms with E-state index in [1.54, 1.807) is 0 Å². The SMILES string of the molecule is CCCCCCCCCCCCCCC1N(C)C=CN1CCCCCCC. The van der Waals surface area contributed by atoms with Gasteiger partial charge in [0.1, 0.15) is 6.17 Å². The predicted molar refractivity (Wildman–Crippen MR) is 122 cm³/mol. The highest BCUT2D eigenvalue weighted by Crippen LogP contribution is 2.21. The number of hydrogen-bond acceptors (Lipinski definition) is 2. The predicted octanol–water partition coefficient (Wildman–Crippen LogP) is 8.09. The first kappa shape index (κ1) is 24.4. The van der Waals surface area contributed by atoms with E-state index in [-0.39, 0.29) is 0 Å². The molecule has 1 heterocycles. The quantitative estimate of drug-likeness (QED) is 0.209. The Morgan fingerprint density at radius 1 is 0.556 bits per heavy atom. The summed E-state index contributed by atoms with van der Waals surface area (Å²) in [4.78, 5) is 5.01. The first-order chi connectivity index (χ1) is 13.3. The van der Waals surface area contributed by atoms with Crippen LogP contribution in [-0.4, -0.2) is 29.6 Å². The summed E-state index contributed by atoms with van der Waals surface area (Å²) in [5.41, 5.74) is 0. The van der Waals surface area contributed by atoms with Gasteiger partial charge in [0, 0.05) is 26.0 Å². The second-order valence-corrected chi connectivity index (χ2v) is 8.77. The summed E-state index contributed by atoms with van der Waals surface area (Å²) < 4.78 is 0. The molecule has 2 heteroatoms. The van der Waals surface area contributed by atoms with Gasteiger partial charge in [0.05, 0.1) is 0 Å². The molecule has 0 radical (unpaired) electrons. The lowest BCUT2D eigenvalue weighted by Gasteiger charge is -2.30. The van der Waals surface area contributed by atoms with Gasteiger partial charge in [-0.2, -0.15) is 0 Å². The maximum absolute atomic E-state index is 2.59. The number of unbranched alkanes of at least 4 members (excludes halogenated alkanes) is 15. The van der Waals surface area contributed by atoms with Crippen molar-refractivity contribution in [1.29, 1.82) is 0 Å². The van der Waals surface area contributed by atoms with Gasteiger partial charge < -0.3 is 9.80 Å². The highest BCUT2D eigenvalue weighted by atomic mass is 15.4. The van der Waals surface area contributed by atoms with Gasteiger partial charge in [-0.1, -0.05) is 110 Å². The fraction of sp³-hybridized carbons (Fsp3) is 0.920. The molecule has 160 valence electrons. The molecule has 1 unspecified atom stereocenters. The summed E-state index contributed by atoms with van der Waals surface area (Å²) in [5, 5.41) is 0. The van der Waals surface area contributed by atoms with E-state index in [4.69, 9.17) is 0 Å². The average Bonchev–Trinajstić information content (AvgIpc) is 3.02. The van der Waals surface area contributed by atoms with Gasteiger partial charge in [0.2, 0.25) is 0 Å². The minimum absolute atomic E-state index is 0.624. The Morgan fingerprint density at radius 3 is 1.52 bits per heavy atom. The van der Waals surface area contributed by atoms with Crippen LogP contribution in [0.25, 0.3) is 0 Å². The molecule has 0 bridgehead atoms. The van der Waals surface area contributed by atoms with Crippen LogP contribution >= 0.6 is 0 Å². The van der Waals surface area contributed by atoms with Crippen LogP contribution in [0, 0.1) is 0 Å². The lowest BCUT2D eigenvalue weighted by Crippen LogP contribution is -2.37. The van der Waals surface area contributed by atoms with Crippen molar-refractivity contribution in [2.75, 3.05) is 13.6 Å². The maximum Gasteiger partial charge on any atom is 0.100 e. The minimum Gasteiger partial charge on any atom is -0.359 e. The topological polar surface area (TPSA) is 6.48 Å². The molecule has 27 heavy (non-hydrogen) atoms. The standard InChI is InChI=1S/C25H50N2/c1-4-6-8-10-11-12-13-14-15-16-17-19-21-25-26(3)23-24-27(25)22-20-18-9-7-5-2/h23-25H,4-22H2,1-3H3. The molecule has 0 saturated heterocycles. The third-order valence-corrected chi connectivity index (χ3v) is 6.18. The van der Waals surface area contributed by atoms with Crippen LogP contribution in [0.5, 0.6) is 0 Å². The van der Waals surface area contributed by atoms with E-state index in [0.29, 0.717) is 6.17 Å². The lowest BCUT2D eigenvalue weighted by molar-refractivity contribution is 0.159. The summed E-state index contributed by atoms with van der Waals surface area (Å²) in [6.07, 6.45) is 30.7. The van der Waals surface area contributed by atoms with Gasteiger partial charge in [0.25, 0.3) is 0 Å². The van der Waals surface area contributed by atoms with Crippen molar-refractivity contribution in [3.8, 4) is 0 Å². The molecule has 0 spiro atoms. The second kappa shape index (κ2) is 17.4. The summed E-state index contributed by atoms with van der Waals surface area (Å²) in [6, 6.07) is 0. The summed E-state index contributed by atoms with van der Waals surface area (Å²) in [5.74, 6) is 0. The van der Waals surface area contributed by atoms with Crippen molar-refractivity contribution in [1.82, 2.24) is 9.80 Å². The monoisotopic (exact) mass is 378 g/mol. The van der Waals surface area contributed by atoms with E-state index in [0.717, 1.165) is 0 Å². The number of rotatable bonds is 19. The van der Waals surface area contributed by atoms with Crippen LogP contribution < -0.4 is 0 Å². The zero-order valence-corrected chi connectivity index (χ0v) is 19.1. The lowest BCUT2D eigenvalue weighted by atomic mass is 10.0. The van der Waals surface area contributed by atoms with Gasteiger partial charge in [-0.25, -0.2) is 0 Å². The van der Waals surface area contributed by atoms with Crippen molar-refractivity contribution in [2.45, 2.75) is 136 Å². The van der Waals surface area contributed by atoms with Gasteiger partial charge >= 0.3 is 0 Å². The summed E-state index contributed by atoms with van der Waals surface area (Å²) in [7, 11) is 2.25. The minimum atomic E-state index is 0.624. The van der Waals surface area contributed by atoms with Gasteiger partial charge in [-0.3, -0.25) is 0 Å². The molecule has 0 N–H and O–H groups in total. The largest absolute Gasteiger partial charge is 0.359 e. The molecule has 0 amide bonds. The second-order valence-electron chi connectivity index (χ2n) is 8.77. The Labute approximate surface area is 171 Å². The molecule has 1 atom stereocenters. The molecule has 1 aliphatic rings. The van der Waals surface area contributed by atoms with Crippen molar-refractivity contribution in [2.24, 2.45) is 0 Å². The van der Waals surface area contributed by atoms with E-state index >= 15 is 0 Å². The van der Waals surface area contributed by atoms with E-state index in [1.165, 1.54) is 122 Å². The number of hydrogen-bond donors (Lipinski definition) is 0. The molecular formula is C25H50N2. The highest BCUT2D eigenvalue weighted by molar-refractivity contribution is 4.95. The smallest absolute Gasteiger partial charge is 0.100 e. The van der Waals surface area contributed by atoms with Crippen LogP contribution in [0.3, 0.4) is 0 Å². The van der Waals surface area contributed by atoms with Crippen molar-refractivity contribution in [3.63, 3.8) is 0 Å². The van der Waals surface area contributed by atoms with E-state index in [9.17, 15) is 0 Å². The third-order valence-electron chi connectivity index (χ3n) is 6.18. The Hall–Kier alpha value is -0.660. The Morgan fingerprint density at radius 2 is 1.00 bits per heavy atom. The fourth-order valence-electron chi connectivity index (χ4n) is 4.28. The molecule has 0 aliphatic carbocycles. The Balaban J connectivity index is 1.95. The third kappa shape index (κ3) is 12.4. The van der Waals surface area contributed by atoms with Crippen LogP contribution in [0.2, 0.25) is 0 Å². The van der Waals surface area contributed by atoms with Crippen LogP contribution in [0.15, 0.2) is 12.4 Å². The molecular weight excluding hydrogens is 328 g/mol. The van der Waals surface area contributed by atoms with Crippen molar-refractivity contribution < 1.29 is 0 Å². The zero-order chi connectivity index (χ0) is 19.6. The summed E-state index contributed by atoms with van der Waals surface area (Å²) in [6.45, 7) is 5.84. The molecule has 0 aromatic carbocycles. The average molecular weight is 379 g/mol. The molecule has 2 nitrogen and oxygen atoms in total. The first-order valence-corrected chi connectivity index (χ1v) is 12.5. The van der Waals surface area contributed by atoms with Gasteiger partial charge in [-0.15, -0.1) is 0 Å². The van der Waals surface area contributed by atoms with Crippen molar-refractivity contribution >= 4 is 0 Å². The molecule has 0 saturated carbocycles. The van der Waals surface area contributed by atoms with Crippen LogP contribution in [0.1, 0.15) is 129 Å². The molecule has 0 fully saturated rings. The highest BCUT2D eigenvalue weighted by Gasteiger charge is 2.22. The summed E-state index contributed by atoms with van der Waals surface area (Å²) >= 11 is 0.